The van der Waals surface area contributed by atoms with Gasteiger partial charge >= 0.3 is 0 Å². The van der Waals surface area contributed by atoms with E-state index in [0.29, 0.717) is 22.2 Å². The molecular weight excluding hydrogens is 373 g/mol. The number of halogens is 2. The van der Waals surface area contributed by atoms with E-state index >= 15 is 0 Å². The largest absolute Gasteiger partial charge is 0.454 e. The van der Waals surface area contributed by atoms with E-state index in [1.54, 1.807) is 18.2 Å². The van der Waals surface area contributed by atoms with Crippen LogP contribution in [-0.2, 0) is 6.54 Å². The predicted octanol–water partition coefficient (Wildman–Crippen LogP) is 5.31. The van der Waals surface area contributed by atoms with Crippen LogP contribution in [0.2, 0.25) is 10.0 Å². The monoisotopic (exact) mass is 391 g/mol. The van der Waals surface area contributed by atoms with Gasteiger partial charge in [-0.2, -0.15) is 0 Å². The van der Waals surface area contributed by atoms with Crippen LogP contribution in [0.15, 0.2) is 36.4 Å². The molecule has 4 rings (SSSR count). The van der Waals surface area contributed by atoms with Gasteiger partial charge in [0.1, 0.15) is 0 Å². The molecule has 1 heterocycles. The van der Waals surface area contributed by atoms with Crippen LogP contribution in [0, 0.1) is 0 Å². The van der Waals surface area contributed by atoms with Crippen molar-refractivity contribution in [1.29, 1.82) is 0 Å². The lowest BCUT2D eigenvalue weighted by molar-refractivity contribution is 0.0664. The van der Waals surface area contributed by atoms with E-state index in [-0.39, 0.29) is 18.7 Å². The lowest BCUT2D eigenvalue weighted by atomic mass is 10.1. The lowest BCUT2D eigenvalue weighted by Gasteiger charge is -2.29. The first-order chi connectivity index (χ1) is 12.6. The third-order valence-electron chi connectivity index (χ3n) is 4.93. The Kier molecular flexibility index (Phi) is 4.96. The number of nitrogens with zero attached hydrogens (tertiary/aromatic N) is 1. The number of carbonyl (C=O) groups is 1. The Labute approximate surface area is 162 Å². The molecular formula is C20H19Cl2NO3. The molecule has 136 valence electrons. The summed E-state index contributed by atoms with van der Waals surface area (Å²) in [6.07, 6.45) is 4.33. The second-order valence-electron chi connectivity index (χ2n) is 6.72. The Morgan fingerprint density at radius 3 is 2.42 bits per heavy atom. The highest BCUT2D eigenvalue weighted by Gasteiger charge is 2.28. The van der Waals surface area contributed by atoms with Crippen LogP contribution in [0.1, 0.15) is 41.6 Å². The molecule has 1 aliphatic carbocycles. The molecule has 0 atom stereocenters. The molecule has 26 heavy (non-hydrogen) atoms. The van der Waals surface area contributed by atoms with E-state index in [1.165, 1.54) is 0 Å². The van der Waals surface area contributed by atoms with Crippen LogP contribution in [0.4, 0.5) is 0 Å². The highest BCUT2D eigenvalue weighted by atomic mass is 35.5. The molecule has 0 unspecified atom stereocenters. The molecule has 1 fully saturated rings. The summed E-state index contributed by atoms with van der Waals surface area (Å²) in [6.45, 7) is 0.759. The van der Waals surface area contributed by atoms with Crippen molar-refractivity contribution in [3.05, 3.63) is 57.6 Å². The fraction of sp³-hybridized carbons (Fsp3) is 0.350. The standard InChI is InChI=1S/C20H19Cl2NO3/c21-15-8-14(9-16(22)10-15)20(24)23(17-3-1-2-4-17)11-13-5-6-18-19(7-13)26-12-25-18/h5-10,17H,1-4,11-12H2. The molecule has 0 spiro atoms. The van der Waals surface area contributed by atoms with Crippen LogP contribution >= 0.6 is 23.2 Å². The molecule has 2 aliphatic rings. The highest BCUT2D eigenvalue weighted by molar-refractivity contribution is 6.35. The molecule has 0 saturated heterocycles. The van der Waals surface area contributed by atoms with Crippen LogP contribution in [0.5, 0.6) is 11.5 Å². The molecule has 1 saturated carbocycles. The molecule has 0 N–H and O–H groups in total. The SMILES string of the molecule is O=C(c1cc(Cl)cc(Cl)c1)N(Cc1ccc2c(c1)OCO2)C1CCCC1. The number of amides is 1. The number of fused-ring (bicyclic) bond motifs is 1. The van der Waals surface area contributed by atoms with Crippen molar-refractivity contribution in [1.82, 2.24) is 4.90 Å². The van der Waals surface area contributed by atoms with E-state index in [2.05, 4.69) is 0 Å². The summed E-state index contributed by atoms with van der Waals surface area (Å²) in [6, 6.07) is 11.0. The molecule has 2 aromatic carbocycles. The van der Waals surface area contributed by atoms with Gasteiger partial charge in [0.15, 0.2) is 11.5 Å². The average molecular weight is 392 g/mol. The second-order valence-corrected chi connectivity index (χ2v) is 7.59. The van der Waals surface area contributed by atoms with Gasteiger partial charge in [0.05, 0.1) is 0 Å². The molecule has 0 bridgehead atoms. The molecule has 1 amide bonds. The third kappa shape index (κ3) is 3.62. The van der Waals surface area contributed by atoms with Crippen molar-refractivity contribution in [2.45, 2.75) is 38.3 Å². The Balaban J connectivity index is 1.62. The summed E-state index contributed by atoms with van der Waals surface area (Å²) >= 11 is 12.2. The van der Waals surface area contributed by atoms with Crippen molar-refractivity contribution < 1.29 is 14.3 Å². The Bertz CT molecular complexity index is 814. The normalized spacial score (nSPS) is 16.1. The van der Waals surface area contributed by atoms with Gasteiger partial charge in [-0.1, -0.05) is 42.1 Å². The minimum absolute atomic E-state index is 0.0426. The van der Waals surface area contributed by atoms with E-state index in [9.17, 15) is 4.79 Å². The van der Waals surface area contributed by atoms with Gasteiger partial charge in [0.25, 0.3) is 5.91 Å². The van der Waals surface area contributed by atoms with Gasteiger partial charge < -0.3 is 14.4 Å². The fourth-order valence-corrected chi connectivity index (χ4v) is 4.19. The highest BCUT2D eigenvalue weighted by Crippen LogP contribution is 2.34. The van der Waals surface area contributed by atoms with Crippen LogP contribution < -0.4 is 9.47 Å². The van der Waals surface area contributed by atoms with Gasteiger partial charge in [0, 0.05) is 28.2 Å². The molecule has 4 nitrogen and oxygen atoms in total. The van der Waals surface area contributed by atoms with Crippen molar-refractivity contribution in [2.75, 3.05) is 6.79 Å². The van der Waals surface area contributed by atoms with E-state index in [0.717, 1.165) is 42.7 Å². The van der Waals surface area contributed by atoms with Gasteiger partial charge in [-0.3, -0.25) is 4.79 Å². The number of carbonyl (C=O) groups excluding carboxylic acids is 1. The third-order valence-corrected chi connectivity index (χ3v) is 5.36. The maximum absolute atomic E-state index is 13.2. The average Bonchev–Trinajstić information content (AvgIpc) is 3.29. The predicted molar refractivity (Wildman–Crippen MR) is 101 cm³/mol. The molecule has 6 heteroatoms. The quantitative estimate of drug-likeness (QED) is 0.708. The first-order valence-corrected chi connectivity index (χ1v) is 9.51. The first kappa shape index (κ1) is 17.5. The number of rotatable bonds is 4. The van der Waals surface area contributed by atoms with E-state index in [1.807, 2.05) is 23.1 Å². The minimum atomic E-state index is -0.0426. The van der Waals surface area contributed by atoms with Crippen molar-refractivity contribution >= 4 is 29.1 Å². The molecule has 0 radical (unpaired) electrons. The summed E-state index contributed by atoms with van der Waals surface area (Å²) in [7, 11) is 0. The van der Waals surface area contributed by atoms with Crippen molar-refractivity contribution in [3.8, 4) is 11.5 Å². The number of benzene rings is 2. The van der Waals surface area contributed by atoms with Gasteiger partial charge in [-0.05, 0) is 48.7 Å². The van der Waals surface area contributed by atoms with Crippen LogP contribution in [0.25, 0.3) is 0 Å². The maximum Gasteiger partial charge on any atom is 0.254 e. The zero-order valence-electron chi connectivity index (χ0n) is 14.2. The van der Waals surface area contributed by atoms with Crippen LogP contribution in [0.3, 0.4) is 0 Å². The van der Waals surface area contributed by atoms with Crippen molar-refractivity contribution in [2.24, 2.45) is 0 Å². The topological polar surface area (TPSA) is 38.8 Å². The van der Waals surface area contributed by atoms with Crippen molar-refractivity contribution in [3.63, 3.8) is 0 Å². The smallest absolute Gasteiger partial charge is 0.254 e. The summed E-state index contributed by atoms with van der Waals surface area (Å²) in [5, 5.41) is 0.936. The Morgan fingerprint density at radius 2 is 1.69 bits per heavy atom. The lowest BCUT2D eigenvalue weighted by Crippen LogP contribution is -2.38. The molecule has 2 aromatic rings. The number of ether oxygens (including phenoxy) is 2. The minimum Gasteiger partial charge on any atom is -0.454 e. The molecule has 1 aliphatic heterocycles. The summed E-state index contributed by atoms with van der Waals surface area (Å²) in [5.74, 6) is 1.43. The maximum atomic E-state index is 13.2. The number of hydrogen-bond donors (Lipinski definition) is 0. The van der Waals surface area contributed by atoms with Gasteiger partial charge in [0.2, 0.25) is 6.79 Å². The fourth-order valence-electron chi connectivity index (χ4n) is 3.66. The second kappa shape index (κ2) is 7.37. The summed E-state index contributed by atoms with van der Waals surface area (Å²) in [5.41, 5.74) is 1.54. The zero-order chi connectivity index (χ0) is 18.1. The Hall–Kier alpha value is -1.91. The summed E-state index contributed by atoms with van der Waals surface area (Å²) in [4.78, 5) is 15.2. The van der Waals surface area contributed by atoms with E-state index in [4.69, 9.17) is 32.7 Å². The summed E-state index contributed by atoms with van der Waals surface area (Å²) < 4.78 is 10.8. The van der Waals surface area contributed by atoms with E-state index < -0.39 is 0 Å². The molecule has 0 aromatic heterocycles. The van der Waals surface area contributed by atoms with Gasteiger partial charge in [-0.25, -0.2) is 0 Å². The zero-order valence-corrected chi connectivity index (χ0v) is 15.7. The van der Waals surface area contributed by atoms with Crippen LogP contribution in [-0.4, -0.2) is 23.6 Å². The number of hydrogen-bond acceptors (Lipinski definition) is 3. The van der Waals surface area contributed by atoms with Gasteiger partial charge in [-0.15, -0.1) is 0 Å². The first-order valence-electron chi connectivity index (χ1n) is 8.76. The Morgan fingerprint density at radius 1 is 1.00 bits per heavy atom.